The lowest BCUT2D eigenvalue weighted by atomic mass is 9.84. The number of allylic oxidation sites excluding steroid dienone is 4. The molecule has 0 bridgehead atoms. The zero-order valence-corrected chi connectivity index (χ0v) is 60.7. The fourth-order valence-corrected chi connectivity index (χ4v) is 13.4. The maximum Gasteiger partial charge on any atom is 0.472 e. The van der Waals surface area contributed by atoms with Crippen molar-refractivity contribution < 1.29 is 117 Å². The molecular weight excluding hydrogens is 1290 g/mol. The van der Waals surface area contributed by atoms with Gasteiger partial charge >= 0.3 is 25.7 Å². The highest BCUT2D eigenvalue weighted by Gasteiger charge is 2.58. The predicted molar refractivity (Wildman–Crippen MR) is 370 cm³/mol. The third kappa shape index (κ3) is 37.7. The van der Waals surface area contributed by atoms with E-state index in [1.807, 2.05) is 0 Å². The van der Waals surface area contributed by atoms with Gasteiger partial charge < -0.3 is 89.1 Å². The van der Waals surface area contributed by atoms with Crippen LogP contribution >= 0.6 is 7.82 Å². The summed E-state index contributed by atoms with van der Waals surface area (Å²) in [5, 5.41) is 110. The monoisotopic (exact) mass is 1420 g/mol. The van der Waals surface area contributed by atoms with Crippen LogP contribution in [0.1, 0.15) is 290 Å². The lowest BCUT2D eigenvalue weighted by molar-refractivity contribution is -0.360. The van der Waals surface area contributed by atoms with Crippen LogP contribution in [-0.4, -0.2) is 204 Å². The molecule has 11 N–H and O–H groups in total. The second kappa shape index (κ2) is 55.0. The summed E-state index contributed by atoms with van der Waals surface area (Å²) in [6.07, 6.45) is 15.3. The summed E-state index contributed by atoms with van der Waals surface area (Å²) in [6.45, 7) is 3.41. The first-order valence-electron chi connectivity index (χ1n) is 38.1. The van der Waals surface area contributed by atoms with Gasteiger partial charge in [-0.1, -0.05) is 225 Å². The summed E-state index contributed by atoms with van der Waals surface area (Å²) in [5.74, 6) is -2.01. The molecule has 3 fully saturated rings. The van der Waals surface area contributed by atoms with Crippen LogP contribution in [-0.2, 0) is 61.2 Å². The first-order valence-corrected chi connectivity index (χ1v) is 39.6. The van der Waals surface area contributed by atoms with Gasteiger partial charge in [-0.15, -0.1) is 0 Å². The van der Waals surface area contributed by atoms with Crippen LogP contribution in [0.15, 0.2) is 24.3 Å². The molecule has 3 aliphatic rings. The number of carbonyl (C=O) groups excluding carboxylic acids is 3. The molecule has 2 saturated heterocycles. The van der Waals surface area contributed by atoms with Crippen molar-refractivity contribution in [2.24, 2.45) is 0 Å². The number of carbonyl (C=O) groups is 3. The number of rotatable bonds is 59. The van der Waals surface area contributed by atoms with E-state index >= 15 is 0 Å². The van der Waals surface area contributed by atoms with Crippen molar-refractivity contribution in [3.63, 3.8) is 0 Å². The summed E-state index contributed by atoms with van der Waals surface area (Å²) >= 11 is 0. The highest BCUT2D eigenvalue weighted by molar-refractivity contribution is 7.47. The molecule has 0 amide bonds. The minimum atomic E-state index is -5.70. The van der Waals surface area contributed by atoms with Gasteiger partial charge in [-0.2, -0.15) is 0 Å². The number of aliphatic hydroxyl groups is 10. The maximum absolute atomic E-state index is 14.3. The van der Waals surface area contributed by atoms with E-state index in [9.17, 15) is 74.9 Å². The number of hydrogen-bond acceptors (Lipinski definition) is 23. The number of phosphoric ester groups is 1. The van der Waals surface area contributed by atoms with Crippen LogP contribution in [0.3, 0.4) is 0 Å². The minimum absolute atomic E-state index is 0.0245. The van der Waals surface area contributed by atoms with E-state index in [-0.39, 0.29) is 19.3 Å². The minimum Gasteiger partial charge on any atom is -0.463 e. The predicted octanol–water partition coefficient (Wildman–Crippen LogP) is 10.5. The largest absolute Gasteiger partial charge is 0.472 e. The van der Waals surface area contributed by atoms with Gasteiger partial charge in [-0.05, 0) is 70.6 Å². The summed E-state index contributed by atoms with van der Waals surface area (Å²) in [4.78, 5) is 51.0. The van der Waals surface area contributed by atoms with Gasteiger partial charge in [0.15, 0.2) is 18.7 Å². The molecule has 3 rings (SSSR count). The average Bonchev–Trinajstić information content (AvgIpc) is 0.762. The first kappa shape index (κ1) is 89.7. The summed E-state index contributed by atoms with van der Waals surface area (Å²) < 4.78 is 65.0. The van der Waals surface area contributed by atoms with Gasteiger partial charge in [0.2, 0.25) is 0 Å². The summed E-state index contributed by atoms with van der Waals surface area (Å²) in [5.41, 5.74) is 0. The van der Waals surface area contributed by atoms with Gasteiger partial charge in [0.05, 0.1) is 13.2 Å². The number of unbranched alkanes of at least 4 members (excludes halogenated alkanes) is 34. The Bertz CT molecular complexity index is 2120. The van der Waals surface area contributed by atoms with E-state index in [1.165, 1.54) is 116 Å². The Morgan fingerprint density at radius 2 is 0.714 bits per heavy atom. The molecule has 2 aliphatic heterocycles. The summed E-state index contributed by atoms with van der Waals surface area (Å²) in [6, 6.07) is 0. The zero-order chi connectivity index (χ0) is 71.8. The second-order valence-electron chi connectivity index (χ2n) is 27.4. The number of phosphoric acid groups is 1. The van der Waals surface area contributed by atoms with Gasteiger partial charge in [0, 0.05) is 19.3 Å². The van der Waals surface area contributed by atoms with Crippen molar-refractivity contribution in [2.45, 2.75) is 395 Å². The molecule has 18 atom stereocenters. The number of ether oxygens (including phenoxy) is 7. The quantitative estimate of drug-likeness (QED) is 0.00886. The molecule has 25 heteroatoms. The molecule has 1 saturated carbocycles. The highest BCUT2D eigenvalue weighted by atomic mass is 31.2. The third-order valence-corrected chi connectivity index (χ3v) is 19.7. The standard InChI is InChI=1S/C73H133O24P/c1-4-7-10-13-16-19-22-25-27-30-33-36-39-42-45-48-58(76)90-53-56-61(79)63(81)68(86)73(94-56)96-70-66(84)64(82)65(83)69(95-72-67(85)62(80)60(78)55(50-74)93-72)71(70)97-98(87,88)91-52-54(51-89-57(75)47-44-41-38-35-32-29-24-21-18-15-12-9-6-3)92-59(77)49-46-43-40-37-34-31-28-26-23-20-17-14-11-8-5-2/h20,23,29,32,54-56,60-74,78-86H,4-19,21-22,24-28,30-31,33-53H2,1-3H3,(H,87,88)/b23-20-,32-29-. The molecule has 574 valence electrons. The van der Waals surface area contributed by atoms with Gasteiger partial charge in [0.1, 0.15) is 98.7 Å². The molecule has 0 spiro atoms. The average molecular weight is 1430 g/mol. The molecule has 0 aromatic heterocycles. The topological polar surface area (TPSA) is 374 Å². The smallest absolute Gasteiger partial charge is 0.463 e. The SMILES string of the molecule is CCCCCC/C=C\CCCCCCCCCC(=O)OC(COC(=O)CCCCC/C=C\CCCCCCCC)COP(=O)(O)OC1C(OC2OC(CO)C(O)C(O)C2O)C(O)C(O)C(O)C1OC1OC(COC(=O)CCCCCCCCCCCCCCCCC)C(O)C(O)C1O. The van der Waals surface area contributed by atoms with E-state index in [0.717, 1.165) is 116 Å². The van der Waals surface area contributed by atoms with Crippen LogP contribution in [0.25, 0.3) is 0 Å². The van der Waals surface area contributed by atoms with Gasteiger partial charge in [-0.25, -0.2) is 4.57 Å². The van der Waals surface area contributed by atoms with Crippen molar-refractivity contribution in [1.29, 1.82) is 0 Å². The molecule has 2 heterocycles. The Morgan fingerprint density at radius 3 is 1.12 bits per heavy atom. The van der Waals surface area contributed by atoms with Crippen LogP contribution in [0, 0.1) is 0 Å². The van der Waals surface area contributed by atoms with Crippen LogP contribution in [0.2, 0.25) is 0 Å². The number of esters is 3. The molecule has 24 nitrogen and oxygen atoms in total. The molecular formula is C73H133O24P. The van der Waals surface area contributed by atoms with E-state index in [4.69, 9.17) is 42.2 Å². The Hall–Kier alpha value is -2.56. The Labute approximate surface area is 585 Å². The molecule has 98 heavy (non-hydrogen) atoms. The molecule has 0 aromatic rings. The van der Waals surface area contributed by atoms with Crippen molar-refractivity contribution in [3.8, 4) is 0 Å². The van der Waals surface area contributed by atoms with Crippen LogP contribution in [0.4, 0.5) is 0 Å². The highest BCUT2D eigenvalue weighted by Crippen LogP contribution is 2.49. The second-order valence-corrected chi connectivity index (χ2v) is 28.8. The van der Waals surface area contributed by atoms with E-state index < -0.39 is 156 Å². The van der Waals surface area contributed by atoms with Crippen molar-refractivity contribution in [1.82, 2.24) is 0 Å². The fraction of sp³-hybridized carbons (Fsp3) is 0.904. The number of aliphatic hydroxyl groups excluding tert-OH is 10. The van der Waals surface area contributed by atoms with Crippen LogP contribution in [0.5, 0.6) is 0 Å². The Morgan fingerprint density at radius 1 is 0.388 bits per heavy atom. The first-order chi connectivity index (χ1) is 47.3. The summed E-state index contributed by atoms with van der Waals surface area (Å²) in [7, 11) is -5.70. The van der Waals surface area contributed by atoms with Gasteiger partial charge in [0.25, 0.3) is 0 Å². The lowest BCUT2D eigenvalue weighted by Crippen LogP contribution is -2.69. The lowest BCUT2D eigenvalue weighted by Gasteiger charge is -2.49. The molecule has 1 aliphatic carbocycles. The molecule has 0 aromatic carbocycles. The maximum atomic E-state index is 14.3. The van der Waals surface area contributed by atoms with Crippen LogP contribution < -0.4 is 0 Å². The molecule has 18 unspecified atom stereocenters. The van der Waals surface area contributed by atoms with Gasteiger partial charge in [-0.3, -0.25) is 23.4 Å². The molecule has 0 radical (unpaired) electrons. The Kier molecular flexibility index (Phi) is 50.3. The Balaban J connectivity index is 1.73. The number of hydrogen-bond donors (Lipinski definition) is 11. The van der Waals surface area contributed by atoms with E-state index in [0.29, 0.717) is 19.3 Å². The van der Waals surface area contributed by atoms with Crippen molar-refractivity contribution in [2.75, 3.05) is 26.4 Å². The normalized spacial score (nSPS) is 27.7. The zero-order valence-electron chi connectivity index (χ0n) is 59.8. The van der Waals surface area contributed by atoms with E-state index in [2.05, 4.69) is 45.1 Å². The van der Waals surface area contributed by atoms with E-state index in [1.54, 1.807) is 0 Å². The fourth-order valence-electron chi connectivity index (χ4n) is 12.5. The van der Waals surface area contributed by atoms with Crippen molar-refractivity contribution in [3.05, 3.63) is 24.3 Å². The van der Waals surface area contributed by atoms with Crippen molar-refractivity contribution >= 4 is 25.7 Å². The third-order valence-electron chi connectivity index (χ3n) is 18.7.